The third-order valence-electron chi connectivity index (χ3n) is 5.50. The number of ether oxygens (including phenoxy) is 2. The van der Waals surface area contributed by atoms with Gasteiger partial charge in [0.05, 0.1) is 17.8 Å². The molecule has 0 fully saturated rings. The highest BCUT2D eigenvalue weighted by Crippen LogP contribution is 2.35. The summed E-state index contributed by atoms with van der Waals surface area (Å²) < 4.78 is 10.8. The smallest absolute Gasteiger partial charge is 0.412 e. The van der Waals surface area contributed by atoms with Crippen LogP contribution in [0.2, 0.25) is 0 Å². The second-order valence-corrected chi connectivity index (χ2v) is 11.1. The summed E-state index contributed by atoms with van der Waals surface area (Å²) in [5.41, 5.74) is 2.90. The number of anilines is 2. The van der Waals surface area contributed by atoms with Crippen molar-refractivity contribution in [3.63, 3.8) is 0 Å². The quantitative estimate of drug-likeness (QED) is 0.247. The maximum absolute atomic E-state index is 12.4. The molecule has 2 amide bonds. The van der Waals surface area contributed by atoms with Gasteiger partial charge in [0, 0.05) is 27.7 Å². The first-order valence-electron chi connectivity index (χ1n) is 12.4. The van der Waals surface area contributed by atoms with Gasteiger partial charge < -0.3 is 14.6 Å². The van der Waals surface area contributed by atoms with Crippen LogP contribution in [0.5, 0.6) is 0 Å². The third-order valence-corrected chi connectivity index (χ3v) is 5.50. The lowest BCUT2D eigenvalue weighted by Crippen LogP contribution is -2.27. The summed E-state index contributed by atoms with van der Waals surface area (Å²) in [6, 6.07) is 18.6. The maximum Gasteiger partial charge on any atom is 0.412 e. The Hall–Kier alpha value is -4.17. The Bertz CT molecular complexity index is 1500. The summed E-state index contributed by atoms with van der Waals surface area (Å²) in [6.45, 7) is 10.8. The normalized spacial score (nSPS) is 11.9. The predicted molar refractivity (Wildman–Crippen MR) is 150 cm³/mol. The molecule has 0 spiro atoms. The monoisotopic (exact) mass is 515 g/mol. The van der Waals surface area contributed by atoms with Gasteiger partial charge in [0.15, 0.2) is 0 Å². The van der Waals surface area contributed by atoms with E-state index in [-0.39, 0.29) is 6.61 Å². The van der Waals surface area contributed by atoms with Crippen molar-refractivity contribution < 1.29 is 24.2 Å². The Morgan fingerprint density at radius 2 is 1.26 bits per heavy atom. The Morgan fingerprint density at radius 1 is 0.737 bits per heavy atom. The molecule has 8 nitrogen and oxygen atoms in total. The molecule has 0 radical (unpaired) electrons. The lowest BCUT2D eigenvalue weighted by molar-refractivity contribution is 0.0624. The van der Waals surface area contributed by atoms with Crippen LogP contribution in [0.1, 0.15) is 47.1 Å². The van der Waals surface area contributed by atoms with Crippen LogP contribution in [-0.4, -0.2) is 33.5 Å². The van der Waals surface area contributed by atoms with Crippen molar-refractivity contribution in [1.82, 2.24) is 4.98 Å². The summed E-state index contributed by atoms with van der Waals surface area (Å²) in [5, 5.41) is 17.7. The van der Waals surface area contributed by atoms with E-state index in [0.717, 1.165) is 27.3 Å². The van der Waals surface area contributed by atoms with Crippen LogP contribution in [-0.2, 0) is 16.1 Å². The van der Waals surface area contributed by atoms with Gasteiger partial charge in [-0.15, -0.1) is 0 Å². The van der Waals surface area contributed by atoms with Crippen molar-refractivity contribution in [2.75, 3.05) is 10.6 Å². The minimum Gasteiger partial charge on any atom is -0.444 e. The number of carbonyl (C=O) groups excluding carboxylic acids is 2. The average molecular weight is 516 g/mol. The lowest BCUT2D eigenvalue weighted by Gasteiger charge is -2.20. The van der Waals surface area contributed by atoms with Crippen molar-refractivity contribution in [3.05, 3.63) is 66.2 Å². The number of aliphatic hydroxyl groups excluding tert-OH is 1. The highest BCUT2D eigenvalue weighted by Gasteiger charge is 2.19. The molecule has 0 atom stereocenters. The van der Waals surface area contributed by atoms with Crippen LogP contribution in [0, 0.1) is 0 Å². The summed E-state index contributed by atoms with van der Waals surface area (Å²) >= 11 is 0. The first-order valence-corrected chi connectivity index (χ1v) is 12.4. The molecule has 0 saturated carbocycles. The molecule has 3 N–H and O–H groups in total. The molecule has 38 heavy (non-hydrogen) atoms. The Kier molecular flexibility index (Phi) is 7.29. The first kappa shape index (κ1) is 26.9. The van der Waals surface area contributed by atoms with Gasteiger partial charge in [-0.3, -0.25) is 10.6 Å². The summed E-state index contributed by atoms with van der Waals surface area (Å²) in [6.07, 6.45) is -1.09. The number of hydrogen-bond donors (Lipinski definition) is 3. The maximum atomic E-state index is 12.4. The number of aliphatic hydroxyl groups is 1. The van der Waals surface area contributed by atoms with E-state index in [1.165, 1.54) is 0 Å². The van der Waals surface area contributed by atoms with E-state index in [0.29, 0.717) is 22.6 Å². The molecule has 0 aliphatic carbocycles. The Balaban J connectivity index is 1.81. The predicted octanol–water partition coefficient (Wildman–Crippen LogP) is 7.24. The zero-order valence-corrected chi connectivity index (χ0v) is 22.5. The van der Waals surface area contributed by atoms with E-state index < -0.39 is 23.4 Å². The highest BCUT2D eigenvalue weighted by atomic mass is 16.6. The van der Waals surface area contributed by atoms with Gasteiger partial charge in [-0.2, -0.15) is 0 Å². The Labute approximate surface area is 222 Å². The number of carbonyl (C=O) groups is 2. The van der Waals surface area contributed by atoms with Crippen LogP contribution >= 0.6 is 0 Å². The topological polar surface area (TPSA) is 110 Å². The van der Waals surface area contributed by atoms with E-state index in [1.807, 2.05) is 69.3 Å². The first-order chi connectivity index (χ1) is 17.8. The number of nitrogens with one attached hydrogen (secondary N) is 2. The SMILES string of the molecule is CC(C)(C)OC(=O)Nc1ccc2c(c1)nc(-c1ccc(CO)cc1)c1cc(NC(=O)OC(C)(C)C)ccc12. The van der Waals surface area contributed by atoms with E-state index in [4.69, 9.17) is 14.5 Å². The van der Waals surface area contributed by atoms with Crippen LogP contribution in [0.25, 0.3) is 32.9 Å². The fourth-order valence-electron chi connectivity index (χ4n) is 3.99. The van der Waals surface area contributed by atoms with E-state index in [2.05, 4.69) is 10.6 Å². The summed E-state index contributed by atoms with van der Waals surface area (Å²) in [7, 11) is 0. The molecular formula is C30H33N3O5. The van der Waals surface area contributed by atoms with Crippen molar-refractivity contribution in [2.45, 2.75) is 59.4 Å². The van der Waals surface area contributed by atoms with Crippen molar-refractivity contribution in [3.8, 4) is 11.3 Å². The highest BCUT2D eigenvalue weighted by molar-refractivity contribution is 6.13. The molecule has 8 heteroatoms. The number of hydrogen-bond acceptors (Lipinski definition) is 6. The van der Waals surface area contributed by atoms with E-state index in [9.17, 15) is 14.7 Å². The molecule has 4 aromatic rings. The number of benzene rings is 3. The van der Waals surface area contributed by atoms with E-state index >= 15 is 0 Å². The average Bonchev–Trinajstić information content (AvgIpc) is 2.81. The van der Waals surface area contributed by atoms with E-state index in [1.54, 1.807) is 32.9 Å². The zero-order valence-electron chi connectivity index (χ0n) is 22.5. The number of aromatic nitrogens is 1. The third kappa shape index (κ3) is 6.58. The molecule has 0 saturated heterocycles. The second-order valence-electron chi connectivity index (χ2n) is 11.1. The molecule has 4 rings (SSSR count). The number of fused-ring (bicyclic) bond motifs is 3. The number of rotatable bonds is 4. The zero-order chi connectivity index (χ0) is 27.7. The van der Waals surface area contributed by atoms with Crippen molar-refractivity contribution in [1.29, 1.82) is 0 Å². The summed E-state index contributed by atoms with van der Waals surface area (Å²) in [4.78, 5) is 29.7. The van der Waals surface area contributed by atoms with Crippen LogP contribution in [0.3, 0.4) is 0 Å². The molecular weight excluding hydrogens is 482 g/mol. The van der Waals surface area contributed by atoms with Crippen LogP contribution in [0.15, 0.2) is 60.7 Å². The summed E-state index contributed by atoms with van der Waals surface area (Å²) in [5.74, 6) is 0. The van der Waals surface area contributed by atoms with Gasteiger partial charge in [-0.1, -0.05) is 36.4 Å². The fraction of sp³-hybridized carbons (Fsp3) is 0.300. The number of pyridine rings is 1. The van der Waals surface area contributed by atoms with Crippen molar-refractivity contribution in [2.24, 2.45) is 0 Å². The largest absolute Gasteiger partial charge is 0.444 e. The minimum absolute atomic E-state index is 0.0597. The lowest BCUT2D eigenvalue weighted by atomic mass is 9.98. The molecule has 3 aromatic carbocycles. The second kappa shape index (κ2) is 10.3. The standard InChI is InChI=1S/C30H33N3O5/c1-29(2,3)37-27(35)31-20-11-13-22-23-14-12-21(32-28(36)38-30(4,5)6)16-25(23)33-26(24(22)15-20)19-9-7-18(17-34)8-10-19/h7-16,34H,17H2,1-6H3,(H,31,35)(H,32,36). The van der Waals surface area contributed by atoms with Crippen molar-refractivity contribution >= 4 is 45.2 Å². The molecule has 198 valence electrons. The molecule has 0 unspecified atom stereocenters. The van der Waals surface area contributed by atoms with Crippen LogP contribution < -0.4 is 10.6 Å². The van der Waals surface area contributed by atoms with Gasteiger partial charge in [0.2, 0.25) is 0 Å². The number of amides is 2. The molecule has 1 aromatic heterocycles. The van der Waals surface area contributed by atoms with Gasteiger partial charge in [-0.05, 0) is 76.8 Å². The van der Waals surface area contributed by atoms with Gasteiger partial charge >= 0.3 is 12.2 Å². The van der Waals surface area contributed by atoms with Gasteiger partial charge in [-0.25, -0.2) is 14.6 Å². The fourth-order valence-corrected chi connectivity index (χ4v) is 3.99. The molecule has 1 heterocycles. The molecule has 0 aliphatic rings. The van der Waals surface area contributed by atoms with Crippen LogP contribution in [0.4, 0.5) is 21.0 Å². The van der Waals surface area contributed by atoms with Gasteiger partial charge in [0.25, 0.3) is 0 Å². The van der Waals surface area contributed by atoms with Gasteiger partial charge in [0.1, 0.15) is 11.2 Å². The number of nitrogens with zero attached hydrogens (tertiary/aromatic N) is 1. The molecule has 0 aliphatic heterocycles. The minimum atomic E-state index is -0.622. The Morgan fingerprint density at radius 3 is 1.79 bits per heavy atom. The molecule has 0 bridgehead atoms.